The molecule has 42 heavy (non-hydrogen) atoms. The van der Waals surface area contributed by atoms with Crippen LogP contribution >= 0.6 is 0 Å². The van der Waals surface area contributed by atoms with Crippen LogP contribution in [0.5, 0.6) is 0 Å². The van der Waals surface area contributed by atoms with E-state index in [9.17, 15) is 13.2 Å². The minimum Gasteiger partial charge on any atom is -0.401 e. The van der Waals surface area contributed by atoms with Crippen LogP contribution in [0.3, 0.4) is 0 Å². The van der Waals surface area contributed by atoms with Crippen molar-refractivity contribution in [2.75, 3.05) is 19.0 Å². The first-order chi connectivity index (χ1) is 18.8. The fourth-order valence-corrected chi connectivity index (χ4v) is 59.9. The summed E-state index contributed by atoms with van der Waals surface area (Å²) in [5, 5.41) is 1.48. The van der Waals surface area contributed by atoms with Crippen molar-refractivity contribution in [1.29, 1.82) is 0 Å². The van der Waals surface area contributed by atoms with Crippen molar-refractivity contribution in [2.45, 2.75) is 112 Å². The highest BCUT2D eigenvalue weighted by atomic mass is 28.5. The number of hydrogen-bond acceptors (Lipinski definition) is 2. The highest BCUT2D eigenvalue weighted by molar-refractivity contribution is 7.29. The topological polar surface area (TPSA) is 12.5 Å². The van der Waals surface area contributed by atoms with Crippen LogP contribution in [0.2, 0.25) is 87.1 Å². The Morgan fingerprint density at radius 2 is 1.14 bits per heavy atom. The molecular formula is C32H54F3NOSi5. The van der Waals surface area contributed by atoms with Gasteiger partial charge in [-0.3, -0.25) is 0 Å². The first-order valence-electron chi connectivity index (χ1n) is 15.5. The standard InChI is InChI=1S/C32H54F3NOSi5/c1-36(2)26-19-20-27-28(23-26)42(37-29(27)24-15-17-25(18-16-24)32(33,34)35)30(38(3,4)5,39(6,7)8)21-22-31(42,40(9,10)11)41(12,13)14/h15-20,23,29H,21-22H2,1-14H3. The first-order valence-corrected chi connectivity index (χ1v) is 31.4. The van der Waals surface area contributed by atoms with Crippen molar-refractivity contribution >= 4 is 51.5 Å². The van der Waals surface area contributed by atoms with Gasteiger partial charge in [0.1, 0.15) is 0 Å². The number of benzene rings is 2. The van der Waals surface area contributed by atoms with E-state index >= 15 is 0 Å². The highest BCUT2D eigenvalue weighted by Gasteiger charge is 2.84. The van der Waals surface area contributed by atoms with Gasteiger partial charge < -0.3 is 9.33 Å². The summed E-state index contributed by atoms with van der Waals surface area (Å²) in [6, 6.07) is 12.8. The maximum atomic E-state index is 13.6. The maximum Gasteiger partial charge on any atom is 0.416 e. The van der Waals surface area contributed by atoms with Crippen molar-refractivity contribution in [3.8, 4) is 0 Å². The van der Waals surface area contributed by atoms with Gasteiger partial charge in [0, 0.05) is 52.1 Å². The molecule has 10 heteroatoms. The molecule has 0 N–H and O–H groups in total. The summed E-state index contributed by atoms with van der Waals surface area (Å²) in [5.74, 6) is 0. The van der Waals surface area contributed by atoms with Crippen molar-refractivity contribution in [3.63, 3.8) is 0 Å². The number of halogens is 3. The zero-order chi connectivity index (χ0) is 32.1. The number of anilines is 1. The van der Waals surface area contributed by atoms with Crippen LogP contribution in [-0.4, -0.2) is 54.7 Å². The summed E-state index contributed by atoms with van der Waals surface area (Å²) in [6.45, 7) is 31.3. The van der Waals surface area contributed by atoms with Gasteiger partial charge in [-0.25, -0.2) is 0 Å². The first kappa shape index (κ1) is 34.0. The molecule has 0 amide bonds. The van der Waals surface area contributed by atoms with E-state index in [1.54, 1.807) is 12.1 Å². The van der Waals surface area contributed by atoms with E-state index in [0.717, 1.165) is 5.56 Å². The molecule has 1 spiro atoms. The minimum absolute atomic E-state index is 0.175. The molecule has 0 aromatic heterocycles. The van der Waals surface area contributed by atoms with Crippen molar-refractivity contribution in [3.05, 3.63) is 59.2 Å². The molecule has 2 aliphatic heterocycles. The Bertz CT molecular complexity index is 1260. The SMILES string of the molecule is CN(C)c1ccc2c(c1)[Si]1(OC2c2ccc(C(F)(F)F)cc2)C([Si](C)(C)C)([Si](C)(C)C)CCC1([Si](C)(C)C)[Si](C)(C)C. The largest absolute Gasteiger partial charge is 0.416 e. The molecule has 2 aromatic carbocycles. The van der Waals surface area contributed by atoms with Gasteiger partial charge in [-0.15, -0.1) is 0 Å². The second-order valence-corrected chi connectivity index (χ2v) is 45.5. The average molecular weight is 666 g/mol. The number of hydrogen-bond donors (Lipinski definition) is 0. The quantitative estimate of drug-likeness (QED) is 0.285. The summed E-state index contributed by atoms with van der Waals surface area (Å²) >= 11 is 0. The molecule has 0 bridgehead atoms. The van der Waals surface area contributed by atoms with E-state index in [0.29, 0.717) is 0 Å². The van der Waals surface area contributed by atoms with Gasteiger partial charge in [0.05, 0.1) is 11.7 Å². The third-order valence-corrected chi connectivity index (χ3v) is 49.4. The van der Waals surface area contributed by atoms with Crippen LogP contribution in [0.4, 0.5) is 18.9 Å². The summed E-state index contributed by atoms with van der Waals surface area (Å²) in [4.78, 5) is 2.21. The van der Waals surface area contributed by atoms with Crippen molar-refractivity contribution < 1.29 is 17.6 Å². The van der Waals surface area contributed by atoms with Gasteiger partial charge >= 0.3 is 6.18 Å². The monoisotopic (exact) mass is 665 g/mol. The number of rotatable bonds is 6. The molecular weight excluding hydrogens is 612 g/mol. The lowest BCUT2D eigenvalue weighted by molar-refractivity contribution is -0.137. The Kier molecular flexibility index (Phi) is 8.12. The number of fused-ring (bicyclic) bond motifs is 2. The number of nitrogens with zero attached hydrogens (tertiary/aromatic N) is 1. The molecule has 1 saturated heterocycles. The van der Waals surface area contributed by atoms with E-state index in [4.69, 9.17) is 4.43 Å². The van der Waals surface area contributed by atoms with Crippen LogP contribution in [-0.2, 0) is 10.6 Å². The molecule has 1 fully saturated rings. The van der Waals surface area contributed by atoms with E-state index in [-0.39, 0.29) is 14.7 Å². The Balaban J connectivity index is 2.22. The molecule has 2 aromatic rings. The van der Waals surface area contributed by atoms with E-state index in [1.807, 2.05) is 0 Å². The minimum atomic E-state index is -4.36. The van der Waals surface area contributed by atoms with Crippen LogP contribution in [0, 0.1) is 0 Å². The second kappa shape index (κ2) is 10.0. The van der Waals surface area contributed by atoms with Gasteiger partial charge in [-0.1, -0.05) is 110 Å². The van der Waals surface area contributed by atoms with Gasteiger partial charge in [0.2, 0.25) is 8.32 Å². The molecule has 2 heterocycles. The van der Waals surface area contributed by atoms with Crippen LogP contribution in [0.15, 0.2) is 42.5 Å². The zero-order valence-electron chi connectivity index (χ0n) is 28.5. The Labute approximate surface area is 258 Å². The van der Waals surface area contributed by atoms with Crippen molar-refractivity contribution in [1.82, 2.24) is 0 Å². The molecule has 0 saturated carbocycles. The van der Waals surface area contributed by atoms with Gasteiger partial charge in [0.25, 0.3) is 0 Å². The number of alkyl halides is 3. The lowest BCUT2D eigenvalue weighted by Gasteiger charge is -2.65. The third-order valence-electron chi connectivity index (χ3n) is 11.2. The normalized spacial score (nSPS) is 22.0. The summed E-state index contributed by atoms with van der Waals surface area (Å²) in [5.41, 5.74) is 2.68. The molecule has 0 aliphatic carbocycles. The summed E-state index contributed by atoms with van der Waals surface area (Å²) < 4.78 is 49.3. The lowest BCUT2D eigenvalue weighted by atomic mass is 10.00. The molecule has 1 atom stereocenters. The van der Waals surface area contributed by atoms with E-state index in [2.05, 4.69) is 116 Å². The molecule has 2 aliphatic rings. The van der Waals surface area contributed by atoms with Gasteiger partial charge in [-0.05, 0) is 49.1 Å². The fourth-order valence-electron chi connectivity index (χ4n) is 10.4. The summed E-state index contributed by atoms with van der Waals surface area (Å²) in [6.07, 6.45) is -2.21. The van der Waals surface area contributed by atoms with Crippen LogP contribution in [0.1, 0.15) is 35.6 Å². The predicted molar refractivity (Wildman–Crippen MR) is 189 cm³/mol. The Morgan fingerprint density at radius 1 is 0.714 bits per heavy atom. The van der Waals surface area contributed by atoms with E-state index in [1.165, 1.54) is 41.4 Å². The second-order valence-electron chi connectivity index (χ2n) is 17.3. The smallest absolute Gasteiger partial charge is 0.401 e. The molecule has 2 nitrogen and oxygen atoms in total. The van der Waals surface area contributed by atoms with Crippen molar-refractivity contribution in [2.24, 2.45) is 0 Å². The van der Waals surface area contributed by atoms with Gasteiger partial charge in [0.15, 0.2) is 0 Å². The summed E-state index contributed by atoms with van der Waals surface area (Å²) in [7, 11) is -6.20. The van der Waals surface area contributed by atoms with Crippen LogP contribution < -0.4 is 10.1 Å². The Morgan fingerprint density at radius 3 is 1.50 bits per heavy atom. The van der Waals surface area contributed by atoms with Gasteiger partial charge in [-0.2, -0.15) is 13.2 Å². The fraction of sp³-hybridized carbons (Fsp3) is 0.625. The molecule has 234 valence electrons. The van der Waals surface area contributed by atoms with Crippen LogP contribution in [0.25, 0.3) is 0 Å². The molecule has 4 rings (SSSR count). The highest BCUT2D eigenvalue weighted by Crippen LogP contribution is 2.77. The maximum absolute atomic E-state index is 13.6. The third kappa shape index (κ3) is 4.51. The lowest BCUT2D eigenvalue weighted by Crippen LogP contribution is -2.80. The average Bonchev–Trinajstić information content (AvgIpc) is 3.33. The van der Waals surface area contributed by atoms with E-state index < -0.39 is 52.4 Å². The Hall–Kier alpha value is -0.926. The molecule has 1 unspecified atom stereocenters. The predicted octanol–water partition coefficient (Wildman–Crippen LogP) is 9.83. The zero-order valence-corrected chi connectivity index (χ0v) is 33.5. The molecule has 0 radical (unpaired) electrons.